The zero-order chi connectivity index (χ0) is 12.9. The second-order valence-electron chi connectivity index (χ2n) is 3.65. The van der Waals surface area contributed by atoms with Crippen LogP contribution < -0.4 is 5.32 Å². The summed E-state index contributed by atoms with van der Waals surface area (Å²) in [6, 6.07) is 6.61. The molecule has 0 aliphatic heterocycles. The fourth-order valence-electron chi connectivity index (χ4n) is 1.30. The number of alkyl halides is 1. The lowest BCUT2D eigenvalue weighted by molar-refractivity contribution is -0.118. The van der Waals surface area contributed by atoms with E-state index in [4.69, 9.17) is 11.6 Å². The van der Waals surface area contributed by atoms with Crippen LogP contribution in [-0.4, -0.2) is 33.0 Å². The van der Waals surface area contributed by atoms with Crippen LogP contribution in [0.1, 0.15) is 5.56 Å². The Labute approximate surface area is 106 Å². The summed E-state index contributed by atoms with van der Waals surface area (Å²) in [5.41, 5.74) is 0.965. The van der Waals surface area contributed by atoms with Gasteiger partial charge in [0.25, 0.3) is 0 Å². The molecule has 0 spiro atoms. The first kappa shape index (κ1) is 14.0. The van der Waals surface area contributed by atoms with Crippen molar-refractivity contribution in [1.29, 1.82) is 0 Å². The highest BCUT2D eigenvalue weighted by Gasteiger charge is 2.06. The van der Waals surface area contributed by atoms with Crippen molar-refractivity contribution < 1.29 is 13.2 Å². The maximum absolute atomic E-state index is 11.2. The van der Waals surface area contributed by atoms with Crippen LogP contribution in [-0.2, 0) is 21.1 Å². The molecule has 0 aliphatic rings. The largest absolute Gasteiger partial charge is 0.355 e. The van der Waals surface area contributed by atoms with E-state index in [0.29, 0.717) is 17.9 Å². The van der Waals surface area contributed by atoms with Gasteiger partial charge in [0, 0.05) is 12.8 Å². The van der Waals surface area contributed by atoms with E-state index in [-0.39, 0.29) is 11.8 Å². The second kappa shape index (κ2) is 6.02. The van der Waals surface area contributed by atoms with E-state index in [9.17, 15) is 13.2 Å². The van der Waals surface area contributed by atoms with E-state index in [1.807, 2.05) is 0 Å². The lowest BCUT2D eigenvalue weighted by atomic mass is 10.1. The fraction of sp³-hybridized carbons (Fsp3) is 0.364. The van der Waals surface area contributed by atoms with Gasteiger partial charge in [-0.25, -0.2) is 8.42 Å². The molecule has 4 nitrogen and oxygen atoms in total. The number of hydrogen-bond acceptors (Lipinski definition) is 3. The summed E-state index contributed by atoms with van der Waals surface area (Å²) in [4.78, 5) is 11.2. The molecule has 0 fully saturated rings. The average Bonchev–Trinajstić information content (AvgIpc) is 2.28. The van der Waals surface area contributed by atoms with Gasteiger partial charge in [0.2, 0.25) is 5.91 Å². The molecule has 0 atom stereocenters. The molecule has 0 aliphatic carbocycles. The number of carbonyl (C=O) groups excluding carboxylic acids is 1. The highest BCUT2D eigenvalue weighted by molar-refractivity contribution is 7.90. The van der Waals surface area contributed by atoms with Gasteiger partial charge >= 0.3 is 0 Å². The Morgan fingerprint density at radius 1 is 1.29 bits per heavy atom. The van der Waals surface area contributed by atoms with E-state index in [1.165, 1.54) is 6.26 Å². The molecule has 1 aromatic carbocycles. The van der Waals surface area contributed by atoms with Crippen molar-refractivity contribution in [3.8, 4) is 0 Å². The smallest absolute Gasteiger partial charge is 0.234 e. The maximum atomic E-state index is 11.2. The Kier molecular flexibility index (Phi) is 4.96. The molecule has 0 saturated carbocycles. The van der Waals surface area contributed by atoms with Crippen LogP contribution in [0.25, 0.3) is 0 Å². The molecule has 0 heterocycles. The van der Waals surface area contributed by atoms with E-state index in [1.54, 1.807) is 24.3 Å². The summed E-state index contributed by atoms with van der Waals surface area (Å²) in [5, 5.41) is 2.64. The molecule has 1 N–H and O–H groups in total. The van der Waals surface area contributed by atoms with Gasteiger partial charge in [-0.2, -0.15) is 0 Å². The van der Waals surface area contributed by atoms with Gasteiger partial charge in [0.05, 0.1) is 4.90 Å². The minimum absolute atomic E-state index is 0.0486. The molecule has 94 valence electrons. The van der Waals surface area contributed by atoms with E-state index in [2.05, 4.69) is 5.32 Å². The first-order chi connectivity index (χ1) is 7.93. The summed E-state index contributed by atoms with van der Waals surface area (Å²) in [7, 11) is -3.14. The molecule has 6 heteroatoms. The predicted octanol–water partition coefficient (Wildman–Crippen LogP) is 0.988. The van der Waals surface area contributed by atoms with E-state index < -0.39 is 9.84 Å². The Bertz CT molecular complexity index is 482. The fourth-order valence-corrected chi connectivity index (χ4v) is 2.02. The first-order valence-corrected chi connectivity index (χ1v) is 7.48. The zero-order valence-corrected chi connectivity index (χ0v) is 11.0. The second-order valence-corrected chi connectivity index (χ2v) is 5.93. The quantitative estimate of drug-likeness (QED) is 0.815. The van der Waals surface area contributed by atoms with Gasteiger partial charge in [-0.15, -0.1) is 11.6 Å². The Morgan fingerprint density at radius 3 is 2.35 bits per heavy atom. The van der Waals surface area contributed by atoms with Crippen LogP contribution >= 0.6 is 11.6 Å². The third kappa shape index (κ3) is 4.75. The number of rotatable bonds is 5. The van der Waals surface area contributed by atoms with Crippen LogP contribution in [0.5, 0.6) is 0 Å². The van der Waals surface area contributed by atoms with Gasteiger partial charge in [0.1, 0.15) is 5.88 Å². The number of hydrogen-bond donors (Lipinski definition) is 1. The number of amides is 1. The summed E-state index contributed by atoms with van der Waals surface area (Å²) >= 11 is 5.33. The average molecular weight is 276 g/mol. The number of nitrogens with one attached hydrogen (secondary N) is 1. The highest BCUT2D eigenvalue weighted by atomic mass is 35.5. The molecular weight excluding hydrogens is 262 g/mol. The normalized spacial score (nSPS) is 11.2. The molecule has 0 bridgehead atoms. The van der Waals surface area contributed by atoms with Gasteiger partial charge in [-0.05, 0) is 24.1 Å². The number of benzene rings is 1. The van der Waals surface area contributed by atoms with Gasteiger partial charge in [-0.3, -0.25) is 4.79 Å². The zero-order valence-electron chi connectivity index (χ0n) is 9.44. The van der Waals surface area contributed by atoms with Gasteiger partial charge < -0.3 is 5.32 Å². The summed E-state index contributed by atoms with van der Waals surface area (Å²) in [6.45, 7) is 0.490. The van der Waals surface area contributed by atoms with Crippen LogP contribution in [0, 0.1) is 0 Å². The van der Waals surface area contributed by atoms with Crippen molar-refractivity contribution >= 4 is 27.3 Å². The lowest BCUT2D eigenvalue weighted by Gasteiger charge is -2.04. The third-order valence-corrected chi connectivity index (χ3v) is 3.58. The molecular formula is C11H14ClNO3S. The van der Waals surface area contributed by atoms with Crippen LogP contribution in [0.15, 0.2) is 29.2 Å². The minimum atomic E-state index is -3.14. The van der Waals surface area contributed by atoms with Crippen molar-refractivity contribution in [2.75, 3.05) is 18.7 Å². The Balaban J connectivity index is 2.55. The molecule has 1 rings (SSSR count). The predicted molar refractivity (Wildman–Crippen MR) is 67.0 cm³/mol. The number of halogens is 1. The molecule has 1 amide bonds. The molecule has 1 aromatic rings. The molecule has 0 aromatic heterocycles. The Morgan fingerprint density at radius 2 is 1.88 bits per heavy atom. The van der Waals surface area contributed by atoms with Gasteiger partial charge in [-0.1, -0.05) is 12.1 Å². The number of sulfone groups is 1. The topological polar surface area (TPSA) is 63.2 Å². The molecule has 0 unspecified atom stereocenters. The van der Waals surface area contributed by atoms with Gasteiger partial charge in [0.15, 0.2) is 9.84 Å². The highest BCUT2D eigenvalue weighted by Crippen LogP contribution is 2.10. The monoisotopic (exact) mass is 275 g/mol. The van der Waals surface area contributed by atoms with Crippen LogP contribution in [0.4, 0.5) is 0 Å². The van der Waals surface area contributed by atoms with E-state index >= 15 is 0 Å². The van der Waals surface area contributed by atoms with E-state index in [0.717, 1.165) is 5.56 Å². The minimum Gasteiger partial charge on any atom is -0.355 e. The summed E-state index contributed by atoms with van der Waals surface area (Å²) in [6.07, 6.45) is 1.81. The number of carbonyl (C=O) groups is 1. The first-order valence-electron chi connectivity index (χ1n) is 5.05. The van der Waals surface area contributed by atoms with Crippen molar-refractivity contribution in [3.63, 3.8) is 0 Å². The van der Waals surface area contributed by atoms with Crippen LogP contribution in [0.3, 0.4) is 0 Å². The van der Waals surface area contributed by atoms with Crippen molar-refractivity contribution in [3.05, 3.63) is 29.8 Å². The standard InChI is InChI=1S/C11H14ClNO3S/c1-17(15,16)10-4-2-9(3-5-10)6-7-13-11(14)8-12/h2-5H,6-8H2,1H3,(H,13,14). The van der Waals surface area contributed by atoms with Crippen LogP contribution in [0.2, 0.25) is 0 Å². The molecule has 17 heavy (non-hydrogen) atoms. The SMILES string of the molecule is CS(=O)(=O)c1ccc(CCNC(=O)CCl)cc1. The van der Waals surface area contributed by atoms with Crippen molar-refractivity contribution in [2.45, 2.75) is 11.3 Å². The third-order valence-electron chi connectivity index (χ3n) is 2.21. The lowest BCUT2D eigenvalue weighted by Crippen LogP contribution is -2.26. The maximum Gasteiger partial charge on any atom is 0.234 e. The summed E-state index contributed by atoms with van der Waals surface area (Å²) in [5.74, 6) is -0.257. The molecule has 0 saturated heterocycles. The van der Waals surface area contributed by atoms with Crippen molar-refractivity contribution in [2.24, 2.45) is 0 Å². The summed E-state index contributed by atoms with van der Waals surface area (Å²) < 4.78 is 22.4. The molecule has 0 radical (unpaired) electrons. The van der Waals surface area contributed by atoms with Crippen molar-refractivity contribution in [1.82, 2.24) is 5.32 Å². The Hall–Kier alpha value is -1.07.